The average Bonchev–Trinajstić information content (AvgIpc) is 3.01. The van der Waals surface area contributed by atoms with Crippen molar-refractivity contribution >= 4 is 27.4 Å². The number of rotatable bonds is 5. The van der Waals surface area contributed by atoms with Crippen molar-refractivity contribution in [2.45, 2.75) is 18.7 Å². The van der Waals surface area contributed by atoms with Gasteiger partial charge >= 0.3 is 0 Å². The molecule has 0 saturated heterocycles. The summed E-state index contributed by atoms with van der Waals surface area (Å²) >= 11 is 0. The van der Waals surface area contributed by atoms with Crippen LogP contribution < -0.4 is 10.0 Å². The number of hydrogen-bond acceptors (Lipinski definition) is 5. The van der Waals surface area contributed by atoms with Crippen molar-refractivity contribution in [3.8, 4) is 0 Å². The Morgan fingerprint density at radius 2 is 1.77 bits per heavy atom. The van der Waals surface area contributed by atoms with Crippen molar-refractivity contribution in [2.24, 2.45) is 0 Å². The molecule has 0 aliphatic heterocycles. The zero-order valence-corrected chi connectivity index (χ0v) is 15.0. The van der Waals surface area contributed by atoms with Gasteiger partial charge in [-0.05, 0) is 44.2 Å². The van der Waals surface area contributed by atoms with E-state index >= 15 is 0 Å². The summed E-state index contributed by atoms with van der Waals surface area (Å²) in [4.78, 5) is 12.3. The topological polar surface area (TPSA) is 101 Å². The highest BCUT2D eigenvalue weighted by Crippen LogP contribution is 2.18. The van der Waals surface area contributed by atoms with Crippen molar-refractivity contribution < 1.29 is 17.7 Å². The molecule has 0 saturated carbocycles. The number of sulfonamides is 1. The molecule has 2 aromatic carbocycles. The number of aromatic nitrogens is 1. The maximum absolute atomic E-state index is 12.5. The Labute approximate surface area is 151 Å². The normalized spacial score (nSPS) is 11.2. The summed E-state index contributed by atoms with van der Waals surface area (Å²) in [6.07, 6.45) is 0. The quantitative estimate of drug-likeness (QED) is 0.716. The van der Waals surface area contributed by atoms with E-state index in [1.165, 1.54) is 24.3 Å². The van der Waals surface area contributed by atoms with Crippen molar-refractivity contribution in [2.75, 3.05) is 10.0 Å². The molecule has 3 aromatic rings. The van der Waals surface area contributed by atoms with Crippen LogP contribution in [0.25, 0.3) is 0 Å². The highest BCUT2D eigenvalue weighted by atomic mass is 32.2. The molecule has 8 heteroatoms. The summed E-state index contributed by atoms with van der Waals surface area (Å²) < 4.78 is 32.1. The van der Waals surface area contributed by atoms with Gasteiger partial charge in [0.2, 0.25) is 0 Å². The van der Waals surface area contributed by atoms with Crippen LogP contribution in [0.5, 0.6) is 0 Å². The number of hydrogen-bond donors (Lipinski definition) is 2. The lowest BCUT2D eigenvalue weighted by Crippen LogP contribution is -2.16. The van der Waals surface area contributed by atoms with Crippen LogP contribution in [-0.4, -0.2) is 19.5 Å². The van der Waals surface area contributed by atoms with Crippen LogP contribution in [0.3, 0.4) is 0 Å². The third-order valence-corrected chi connectivity index (χ3v) is 4.94. The van der Waals surface area contributed by atoms with Crippen LogP contribution in [0.2, 0.25) is 0 Å². The fourth-order valence-electron chi connectivity index (χ4n) is 2.26. The standard InChI is InChI=1S/C18H17N3O4S/c1-12-6-8-15(9-7-12)19-18(22)14-4-3-5-16(11-14)26(23,24)21-17-10-13(2)25-20-17/h3-11H,1-2H3,(H,19,22)(H,20,21). The molecule has 0 atom stereocenters. The van der Waals surface area contributed by atoms with Crippen molar-refractivity contribution in [3.05, 3.63) is 71.5 Å². The number of nitrogens with zero attached hydrogens (tertiary/aromatic N) is 1. The minimum Gasteiger partial charge on any atom is -0.360 e. The monoisotopic (exact) mass is 371 g/mol. The van der Waals surface area contributed by atoms with Gasteiger partial charge in [-0.3, -0.25) is 9.52 Å². The maximum atomic E-state index is 12.5. The molecular formula is C18H17N3O4S. The van der Waals surface area contributed by atoms with E-state index in [2.05, 4.69) is 15.2 Å². The fraction of sp³-hybridized carbons (Fsp3) is 0.111. The second-order valence-electron chi connectivity index (χ2n) is 5.78. The number of carbonyl (C=O) groups excluding carboxylic acids is 1. The first-order chi connectivity index (χ1) is 12.3. The van der Waals surface area contributed by atoms with Crippen LogP contribution in [0.4, 0.5) is 11.5 Å². The summed E-state index contributed by atoms with van der Waals surface area (Å²) in [7, 11) is -3.89. The Kier molecular flexibility index (Phi) is 4.77. The van der Waals surface area contributed by atoms with Crippen LogP contribution in [0.1, 0.15) is 21.7 Å². The van der Waals surface area contributed by atoms with E-state index in [0.29, 0.717) is 11.4 Å². The lowest BCUT2D eigenvalue weighted by atomic mass is 10.2. The lowest BCUT2D eigenvalue weighted by molar-refractivity contribution is 0.102. The van der Waals surface area contributed by atoms with E-state index in [1.807, 2.05) is 19.1 Å². The minimum atomic E-state index is -3.89. The molecule has 0 fully saturated rings. The molecule has 0 spiro atoms. The van der Waals surface area contributed by atoms with E-state index < -0.39 is 15.9 Å². The third kappa shape index (κ3) is 4.09. The van der Waals surface area contributed by atoms with Crippen molar-refractivity contribution in [1.29, 1.82) is 0 Å². The average molecular weight is 371 g/mol. The lowest BCUT2D eigenvalue weighted by Gasteiger charge is -2.08. The maximum Gasteiger partial charge on any atom is 0.263 e. The van der Waals surface area contributed by atoms with Gasteiger partial charge in [-0.25, -0.2) is 8.42 Å². The molecule has 3 rings (SSSR count). The van der Waals surface area contributed by atoms with E-state index in [4.69, 9.17) is 4.52 Å². The third-order valence-electron chi connectivity index (χ3n) is 3.58. The molecule has 0 aliphatic rings. The SMILES string of the molecule is Cc1ccc(NC(=O)c2cccc(S(=O)(=O)Nc3cc(C)on3)c2)cc1. The molecular weight excluding hydrogens is 354 g/mol. The molecule has 0 aliphatic carbocycles. The Balaban J connectivity index is 1.80. The Morgan fingerprint density at radius 3 is 2.42 bits per heavy atom. The van der Waals surface area contributed by atoms with Crippen LogP contribution >= 0.6 is 0 Å². The molecule has 1 amide bonds. The summed E-state index contributed by atoms with van der Waals surface area (Å²) in [6, 6.07) is 14.5. The zero-order valence-electron chi connectivity index (χ0n) is 14.2. The van der Waals surface area contributed by atoms with Crippen LogP contribution in [0, 0.1) is 13.8 Å². The predicted octanol–water partition coefficient (Wildman–Crippen LogP) is 3.34. The summed E-state index contributed by atoms with van der Waals surface area (Å²) in [5.74, 6) is 0.161. The zero-order chi connectivity index (χ0) is 18.7. The van der Waals surface area contributed by atoms with Gasteiger partial charge in [0.25, 0.3) is 15.9 Å². The molecule has 2 N–H and O–H groups in total. The Bertz CT molecular complexity index is 1040. The van der Waals surface area contributed by atoms with Gasteiger partial charge in [0.15, 0.2) is 5.82 Å². The van der Waals surface area contributed by atoms with Gasteiger partial charge in [-0.2, -0.15) is 0 Å². The first-order valence-corrected chi connectivity index (χ1v) is 9.26. The Morgan fingerprint density at radius 1 is 1.04 bits per heavy atom. The number of amides is 1. The molecule has 0 unspecified atom stereocenters. The number of anilines is 2. The molecule has 7 nitrogen and oxygen atoms in total. The summed E-state index contributed by atoms with van der Waals surface area (Å²) in [5.41, 5.74) is 1.93. The summed E-state index contributed by atoms with van der Waals surface area (Å²) in [5, 5.41) is 6.34. The second kappa shape index (κ2) is 7.01. The van der Waals surface area contributed by atoms with Gasteiger partial charge in [0.05, 0.1) is 4.90 Å². The highest BCUT2D eigenvalue weighted by molar-refractivity contribution is 7.92. The molecule has 134 valence electrons. The van der Waals surface area contributed by atoms with Gasteiger partial charge in [0, 0.05) is 17.3 Å². The highest BCUT2D eigenvalue weighted by Gasteiger charge is 2.18. The molecule has 0 bridgehead atoms. The van der Waals surface area contributed by atoms with Gasteiger partial charge in [0.1, 0.15) is 5.76 Å². The van der Waals surface area contributed by atoms with Gasteiger partial charge < -0.3 is 9.84 Å². The molecule has 1 aromatic heterocycles. The molecule has 1 heterocycles. The summed E-state index contributed by atoms with van der Waals surface area (Å²) in [6.45, 7) is 3.60. The second-order valence-corrected chi connectivity index (χ2v) is 7.46. The molecule has 26 heavy (non-hydrogen) atoms. The van der Waals surface area contributed by atoms with E-state index in [9.17, 15) is 13.2 Å². The van der Waals surface area contributed by atoms with E-state index in [1.54, 1.807) is 25.1 Å². The van der Waals surface area contributed by atoms with Crippen LogP contribution in [-0.2, 0) is 10.0 Å². The minimum absolute atomic E-state index is 0.0466. The number of aryl methyl sites for hydroxylation is 2. The number of benzene rings is 2. The number of nitrogens with one attached hydrogen (secondary N) is 2. The first-order valence-electron chi connectivity index (χ1n) is 7.78. The molecule has 0 radical (unpaired) electrons. The smallest absolute Gasteiger partial charge is 0.263 e. The van der Waals surface area contributed by atoms with Crippen molar-refractivity contribution in [3.63, 3.8) is 0 Å². The fourth-order valence-corrected chi connectivity index (χ4v) is 3.28. The first kappa shape index (κ1) is 17.7. The Hall–Kier alpha value is -3.13. The van der Waals surface area contributed by atoms with Gasteiger partial charge in [-0.15, -0.1) is 0 Å². The van der Waals surface area contributed by atoms with E-state index in [0.717, 1.165) is 5.56 Å². The van der Waals surface area contributed by atoms with Gasteiger partial charge in [-0.1, -0.05) is 28.9 Å². The largest absolute Gasteiger partial charge is 0.360 e. The van der Waals surface area contributed by atoms with Crippen molar-refractivity contribution in [1.82, 2.24) is 5.16 Å². The number of carbonyl (C=O) groups is 1. The van der Waals surface area contributed by atoms with Crippen LogP contribution in [0.15, 0.2) is 64.0 Å². The predicted molar refractivity (Wildman–Crippen MR) is 97.6 cm³/mol. The van der Waals surface area contributed by atoms with E-state index in [-0.39, 0.29) is 16.3 Å².